The van der Waals surface area contributed by atoms with E-state index in [4.69, 9.17) is 4.74 Å². The van der Waals surface area contributed by atoms with Crippen LogP contribution in [0.4, 0.5) is 0 Å². The van der Waals surface area contributed by atoms with Gasteiger partial charge in [0.15, 0.2) is 0 Å². The molecule has 2 aromatic rings. The number of rotatable bonds is 7. The Morgan fingerprint density at radius 2 is 1.89 bits per heavy atom. The molecule has 3 nitrogen and oxygen atoms in total. The predicted molar refractivity (Wildman–Crippen MR) is 113 cm³/mol. The molecule has 0 fully saturated rings. The number of hydrogen-bond donors (Lipinski definition) is 0. The molecule has 0 spiro atoms. The molecule has 1 heterocycles. The van der Waals surface area contributed by atoms with E-state index in [-0.39, 0.29) is 11.7 Å². The summed E-state index contributed by atoms with van der Waals surface area (Å²) in [5.74, 6) is -0.517. The molecule has 0 aromatic heterocycles. The van der Waals surface area contributed by atoms with Gasteiger partial charge in [0.05, 0.1) is 0 Å². The van der Waals surface area contributed by atoms with Crippen LogP contribution in [0.15, 0.2) is 52.3 Å². The summed E-state index contributed by atoms with van der Waals surface area (Å²) in [5.41, 5.74) is 1.19. The first-order valence-corrected chi connectivity index (χ1v) is 10.7. The Morgan fingerprint density at radius 1 is 1.11 bits per heavy atom. The van der Waals surface area contributed by atoms with Crippen LogP contribution in [0.1, 0.15) is 51.5 Å². The fourth-order valence-corrected chi connectivity index (χ4v) is 4.41. The van der Waals surface area contributed by atoms with E-state index in [0.717, 1.165) is 47.8 Å². The summed E-state index contributed by atoms with van der Waals surface area (Å²) in [5, 5.41) is 11.3. The fourth-order valence-electron chi connectivity index (χ4n) is 3.36. The molecular formula is C24H25NO2S. The Morgan fingerprint density at radius 3 is 2.64 bits per heavy atom. The zero-order valence-electron chi connectivity index (χ0n) is 16.4. The molecule has 4 heteroatoms. The normalized spacial score (nSPS) is 14.0. The lowest BCUT2D eigenvalue weighted by Crippen LogP contribution is -2.33. The Hall–Kier alpha value is -2.51. The smallest absolute Gasteiger partial charge is 0.349 e. The summed E-state index contributed by atoms with van der Waals surface area (Å²) in [7, 11) is 0. The van der Waals surface area contributed by atoms with Crippen molar-refractivity contribution in [2.45, 2.75) is 61.8 Å². The highest BCUT2D eigenvalue weighted by atomic mass is 32.2. The predicted octanol–water partition coefficient (Wildman–Crippen LogP) is 4.56. The molecule has 1 unspecified atom stereocenters. The van der Waals surface area contributed by atoms with Crippen LogP contribution in [0, 0.1) is 11.3 Å². The molecule has 0 radical (unpaired) electrons. The van der Waals surface area contributed by atoms with E-state index in [2.05, 4.69) is 25.1 Å². The topological polar surface area (TPSA) is 50.1 Å². The molecule has 1 aliphatic heterocycles. The first-order valence-electron chi connectivity index (χ1n) is 9.91. The van der Waals surface area contributed by atoms with Crippen molar-refractivity contribution in [1.29, 1.82) is 5.26 Å². The summed E-state index contributed by atoms with van der Waals surface area (Å²) in [6, 6.07) is 16.0. The molecule has 0 N–H and O–H groups in total. The third-order valence-corrected chi connectivity index (χ3v) is 6.12. The Bertz CT molecular complexity index is 1020. The third kappa shape index (κ3) is 4.48. The van der Waals surface area contributed by atoms with E-state index in [9.17, 15) is 10.1 Å². The zero-order valence-corrected chi connectivity index (χ0v) is 17.2. The summed E-state index contributed by atoms with van der Waals surface area (Å²) in [6.45, 7) is 4.17. The van der Waals surface area contributed by atoms with Gasteiger partial charge in [0.25, 0.3) is 0 Å². The molecule has 1 aliphatic rings. The number of fused-ring (bicyclic) bond motifs is 2. The van der Waals surface area contributed by atoms with Crippen LogP contribution < -0.4 is 10.4 Å². The van der Waals surface area contributed by atoms with Crippen LogP contribution in [0.5, 0.6) is 0 Å². The van der Waals surface area contributed by atoms with Crippen LogP contribution in [-0.2, 0) is 9.53 Å². The molecule has 3 rings (SSSR count). The van der Waals surface area contributed by atoms with E-state index >= 15 is 0 Å². The van der Waals surface area contributed by atoms with E-state index in [0.29, 0.717) is 5.22 Å². The minimum Gasteiger partial charge on any atom is -0.458 e. The number of nitrogens with zero attached hydrogens (tertiary/aromatic N) is 1. The maximum atomic E-state index is 12.8. The molecule has 0 bridgehead atoms. The van der Waals surface area contributed by atoms with Gasteiger partial charge in [0.1, 0.15) is 17.7 Å². The van der Waals surface area contributed by atoms with Gasteiger partial charge in [0, 0.05) is 15.0 Å². The second-order valence-corrected chi connectivity index (χ2v) is 8.00. The second-order valence-electron chi connectivity index (χ2n) is 6.92. The lowest BCUT2D eigenvalue weighted by atomic mass is 10.1. The van der Waals surface area contributed by atoms with E-state index in [1.807, 2.05) is 43.3 Å². The summed E-state index contributed by atoms with van der Waals surface area (Å²) < 4.78 is 5.70. The van der Waals surface area contributed by atoms with Crippen molar-refractivity contribution < 1.29 is 9.53 Å². The van der Waals surface area contributed by atoms with Crippen molar-refractivity contribution in [3.8, 4) is 6.07 Å². The van der Waals surface area contributed by atoms with Crippen molar-refractivity contribution in [3.05, 3.63) is 58.5 Å². The number of hydrogen-bond acceptors (Lipinski definition) is 4. The molecule has 0 saturated heterocycles. The monoisotopic (exact) mass is 391 g/mol. The Kier molecular flexibility index (Phi) is 6.95. The fraction of sp³-hybridized carbons (Fsp3) is 0.333. The SMILES string of the molecule is CCCCCC(CC)OC(=O)C(C#N)=c1cccc2c1=Cc1ccccc1S2. The summed E-state index contributed by atoms with van der Waals surface area (Å²) in [4.78, 5) is 15.0. The van der Waals surface area contributed by atoms with Crippen LogP contribution in [0.2, 0.25) is 0 Å². The number of unbranched alkanes of at least 4 members (excludes halogenated alkanes) is 2. The van der Waals surface area contributed by atoms with Crippen molar-refractivity contribution in [2.75, 3.05) is 0 Å². The first kappa shape index (κ1) is 20.2. The van der Waals surface area contributed by atoms with Crippen molar-refractivity contribution >= 4 is 29.4 Å². The lowest BCUT2D eigenvalue weighted by molar-refractivity contribution is -0.142. The third-order valence-electron chi connectivity index (χ3n) is 4.95. The number of carbonyl (C=O) groups is 1. The summed E-state index contributed by atoms with van der Waals surface area (Å²) in [6.07, 6.45) is 6.81. The van der Waals surface area contributed by atoms with Gasteiger partial charge in [-0.25, -0.2) is 4.79 Å². The molecule has 0 saturated carbocycles. The number of benzene rings is 2. The van der Waals surface area contributed by atoms with Crippen molar-refractivity contribution in [1.82, 2.24) is 0 Å². The van der Waals surface area contributed by atoms with E-state index < -0.39 is 5.97 Å². The summed E-state index contributed by atoms with van der Waals surface area (Å²) >= 11 is 1.66. The second kappa shape index (κ2) is 9.61. The first-order chi connectivity index (χ1) is 13.7. The van der Waals surface area contributed by atoms with Gasteiger partial charge >= 0.3 is 5.97 Å². The molecule has 0 aliphatic carbocycles. The maximum absolute atomic E-state index is 12.8. The van der Waals surface area contributed by atoms with Crippen LogP contribution in [-0.4, -0.2) is 12.1 Å². The van der Waals surface area contributed by atoms with Gasteiger partial charge in [0.2, 0.25) is 0 Å². The Labute approximate surface area is 170 Å². The zero-order chi connectivity index (χ0) is 19.9. The van der Waals surface area contributed by atoms with Crippen molar-refractivity contribution in [2.24, 2.45) is 0 Å². The lowest BCUT2D eigenvalue weighted by Gasteiger charge is -2.16. The van der Waals surface area contributed by atoms with Gasteiger partial charge < -0.3 is 4.74 Å². The number of esters is 1. The molecule has 28 heavy (non-hydrogen) atoms. The molecule has 0 amide bonds. The van der Waals surface area contributed by atoms with Gasteiger partial charge in [-0.1, -0.05) is 68.8 Å². The average molecular weight is 392 g/mol. The van der Waals surface area contributed by atoms with Crippen molar-refractivity contribution in [3.63, 3.8) is 0 Å². The average Bonchev–Trinajstić information content (AvgIpc) is 2.72. The molecule has 2 aromatic carbocycles. The van der Waals surface area contributed by atoms with Crippen LogP contribution in [0.25, 0.3) is 11.6 Å². The standard InChI is InChI=1S/C24H25NO2S/c1-3-5-6-11-18(4-2)27-24(26)21(16-25)19-12-9-14-23-20(19)15-17-10-7-8-13-22(17)28-23/h7-10,12-15,18H,3-6,11H2,1-2H3. The van der Waals surface area contributed by atoms with Crippen LogP contribution in [0.3, 0.4) is 0 Å². The molecule has 1 atom stereocenters. The highest BCUT2D eigenvalue weighted by Gasteiger charge is 2.19. The highest BCUT2D eigenvalue weighted by Crippen LogP contribution is 2.31. The van der Waals surface area contributed by atoms with Gasteiger partial charge in [-0.2, -0.15) is 5.26 Å². The van der Waals surface area contributed by atoms with E-state index in [1.54, 1.807) is 11.8 Å². The van der Waals surface area contributed by atoms with Crippen LogP contribution >= 0.6 is 11.8 Å². The minimum absolute atomic E-state index is 0.0852. The van der Waals surface area contributed by atoms with Gasteiger partial charge in [-0.15, -0.1) is 0 Å². The van der Waals surface area contributed by atoms with E-state index in [1.165, 1.54) is 4.90 Å². The maximum Gasteiger partial charge on any atom is 0.349 e. The van der Waals surface area contributed by atoms with Gasteiger partial charge in [-0.3, -0.25) is 0 Å². The van der Waals surface area contributed by atoms with Gasteiger partial charge in [-0.05, 0) is 48.3 Å². The minimum atomic E-state index is -0.517. The number of carbonyl (C=O) groups excluding carboxylic acids is 1. The number of nitriles is 1. The largest absolute Gasteiger partial charge is 0.458 e. The number of ether oxygens (including phenoxy) is 1. The molecular weight excluding hydrogens is 366 g/mol. The molecule has 144 valence electrons. The quantitative estimate of drug-likeness (QED) is 0.438. The Balaban J connectivity index is 1.99. The highest BCUT2D eigenvalue weighted by molar-refractivity contribution is 7.99.